The largest absolute Gasteiger partial charge is 0.330 e. The van der Waals surface area contributed by atoms with E-state index in [9.17, 15) is 13.2 Å². The average Bonchev–Trinajstić information content (AvgIpc) is 3.25. The Labute approximate surface area is 162 Å². The third-order valence-electron chi connectivity index (χ3n) is 4.36. The van der Waals surface area contributed by atoms with Gasteiger partial charge in [-0.2, -0.15) is 0 Å². The highest BCUT2D eigenvalue weighted by atomic mass is 35.5. The maximum absolute atomic E-state index is 12.5. The van der Waals surface area contributed by atoms with Crippen LogP contribution in [-0.2, 0) is 14.8 Å². The number of hydrogen-bond donors (Lipinski definition) is 3. The number of rotatable bonds is 6. The zero-order valence-electron chi connectivity index (χ0n) is 13.9. The van der Waals surface area contributed by atoms with Crippen molar-refractivity contribution in [2.45, 2.75) is 24.2 Å². The molecule has 1 aliphatic rings. The number of aromatic nitrogens is 1. The van der Waals surface area contributed by atoms with Crippen LogP contribution in [0.25, 0.3) is 0 Å². The molecule has 1 aromatic heterocycles. The summed E-state index contributed by atoms with van der Waals surface area (Å²) in [5.41, 5.74) is 6.18. The van der Waals surface area contributed by atoms with Crippen LogP contribution in [-0.4, -0.2) is 25.9 Å². The molecular formula is C16H21ClN4O3S2. The van der Waals surface area contributed by atoms with Gasteiger partial charge in [0.2, 0.25) is 5.91 Å². The first-order valence-electron chi connectivity index (χ1n) is 8.03. The van der Waals surface area contributed by atoms with Crippen LogP contribution in [0.15, 0.2) is 40.7 Å². The summed E-state index contributed by atoms with van der Waals surface area (Å²) in [6.07, 6.45) is 4.29. The third kappa shape index (κ3) is 4.73. The molecule has 1 aromatic carbocycles. The molecule has 1 heterocycles. The number of nitrogens with one attached hydrogen (secondary N) is 2. The molecule has 4 N–H and O–H groups in total. The SMILES string of the molecule is Cl.NC[C@H]1CCC[C@H]1C(=O)Nc1cccc(S(=O)(=O)Nc2nccs2)c1. The predicted molar refractivity (Wildman–Crippen MR) is 105 cm³/mol. The van der Waals surface area contributed by atoms with Crippen LogP contribution in [0, 0.1) is 11.8 Å². The fourth-order valence-electron chi connectivity index (χ4n) is 3.09. The van der Waals surface area contributed by atoms with Crippen molar-refractivity contribution in [3.63, 3.8) is 0 Å². The van der Waals surface area contributed by atoms with Gasteiger partial charge in [-0.25, -0.2) is 13.4 Å². The van der Waals surface area contributed by atoms with Gasteiger partial charge in [0, 0.05) is 23.2 Å². The van der Waals surface area contributed by atoms with Crippen LogP contribution in [0.1, 0.15) is 19.3 Å². The van der Waals surface area contributed by atoms with Crippen LogP contribution < -0.4 is 15.8 Å². The minimum atomic E-state index is -3.75. The summed E-state index contributed by atoms with van der Waals surface area (Å²) in [5, 5.41) is 4.80. The lowest BCUT2D eigenvalue weighted by atomic mass is 9.95. The number of sulfonamides is 1. The van der Waals surface area contributed by atoms with E-state index >= 15 is 0 Å². The Kier molecular flexibility index (Phi) is 6.99. The molecule has 0 saturated heterocycles. The Hall–Kier alpha value is -1.68. The third-order valence-corrected chi connectivity index (χ3v) is 6.52. The number of anilines is 2. The van der Waals surface area contributed by atoms with Gasteiger partial charge >= 0.3 is 0 Å². The maximum Gasteiger partial charge on any atom is 0.263 e. The second kappa shape index (κ2) is 8.81. The number of benzene rings is 1. The maximum atomic E-state index is 12.5. The van der Waals surface area contributed by atoms with Crippen LogP contribution in [0.4, 0.5) is 10.8 Å². The Morgan fingerprint density at radius 2 is 2.15 bits per heavy atom. The molecule has 26 heavy (non-hydrogen) atoms. The van der Waals surface area contributed by atoms with E-state index in [2.05, 4.69) is 15.0 Å². The van der Waals surface area contributed by atoms with Gasteiger partial charge in [0.25, 0.3) is 10.0 Å². The summed E-state index contributed by atoms with van der Waals surface area (Å²) in [6, 6.07) is 6.19. The van der Waals surface area contributed by atoms with Gasteiger partial charge < -0.3 is 11.1 Å². The van der Waals surface area contributed by atoms with Crippen molar-refractivity contribution >= 4 is 50.5 Å². The summed E-state index contributed by atoms with van der Waals surface area (Å²) in [5.74, 6) is -0.0208. The lowest BCUT2D eigenvalue weighted by Crippen LogP contribution is -2.29. The molecule has 1 aliphatic carbocycles. The Morgan fingerprint density at radius 1 is 1.35 bits per heavy atom. The number of amides is 1. The highest BCUT2D eigenvalue weighted by Gasteiger charge is 2.32. The molecule has 1 fully saturated rings. The molecule has 0 bridgehead atoms. The first-order valence-corrected chi connectivity index (χ1v) is 10.4. The van der Waals surface area contributed by atoms with E-state index in [-0.39, 0.29) is 35.0 Å². The molecule has 2 atom stereocenters. The summed E-state index contributed by atoms with van der Waals surface area (Å²) >= 11 is 1.20. The first kappa shape index (κ1) is 20.6. The number of nitrogens with two attached hydrogens (primary N) is 1. The molecule has 0 unspecified atom stereocenters. The van der Waals surface area contributed by atoms with Crippen molar-refractivity contribution < 1.29 is 13.2 Å². The van der Waals surface area contributed by atoms with Crippen molar-refractivity contribution in [3.05, 3.63) is 35.8 Å². The standard InChI is InChI=1S/C16H20N4O3S2.ClH/c17-10-11-3-1-6-14(11)15(21)19-12-4-2-5-13(9-12)25(22,23)20-16-18-7-8-24-16;/h2,4-5,7-9,11,14H,1,3,6,10,17H2,(H,18,20)(H,19,21);1H/t11-,14-;/m1./s1. The predicted octanol–water partition coefficient (Wildman–Crippen LogP) is 2.68. The van der Waals surface area contributed by atoms with Crippen molar-refractivity contribution in [1.29, 1.82) is 0 Å². The van der Waals surface area contributed by atoms with Crippen LogP contribution in [0.3, 0.4) is 0 Å². The van der Waals surface area contributed by atoms with Gasteiger partial charge in [0.05, 0.1) is 4.90 Å². The van der Waals surface area contributed by atoms with E-state index in [0.29, 0.717) is 17.4 Å². The fourth-order valence-corrected chi connectivity index (χ4v) is 4.92. The number of nitrogens with zero attached hydrogens (tertiary/aromatic N) is 1. The van der Waals surface area contributed by atoms with Crippen LogP contribution in [0.5, 0.6) is 0 Å². The number of halogens is 1. The second-order valence-corrected chi connectivity index (χ2v) is 8.57. The van der Waals surface area contributed by atoms with Gasteiger partial charge in [-0.15, -0.1) is 23.7 Å². The number of carbonyl (C=O) groups excluding carboxylic acids is 1. The minimum Gasteiger partial charge on any atom is -0.330 e. The lowest BCUT2D eigenvalue weighted by Gasteiger charge is -2.17. The zero-order valence-corrected chi connectivity index (χ0v) is 16.4. The molecule has 3 rings (SSSR count). The van der Waals surface area contributed by atoms with E-state index in [0.717, 1.165) is 19.3 Å². The van der Waals surface area contributed by atoms with Crippen molar-refractivity contribution in [2.75, 3.05) is 16.6 Å². The molecule has 0 aliphatic heterocycles. The molecule has 1 amide bonds. The van der Waals surface area contributed by atoms with E-state index in [1.54, 1.807) is 17.5 Å². The normalized spacial score (nSPS) is 19.6. The first-order chi connectivity index (χ1) is 12.0. The monoisotopic (exact) mass is 416 g/mol. The Balaban J connectivity index is 0.00000243. The summed E-state index contributed by atoms with van der Waals surface area (Å²) in [4.78, 5) is 16.4. The smallest absolute Gasteiger partial charge is 0.263 e. The Bertz CT molecular complexity index is 843. The summed E-state index contributed by atoms with van der Waals surface area (Å²) in [6.45, 7) is 0.490. The molecule has 142 valence electrons. The zero-order chi connectivity index (χ0) is 17.9. The second-order valence-electron chi connectivity index (χ2n) is 5.99. The molecule has 7 nitrogen and oxygen atoms in total. The van der Waals surface area contributed by atoms with E-state index in [1.807, 2.05) is 0 Å². The molecule has 0 spiro atoms. The van der Waals surface area contributed by atoms with Crippen LogP contribution in [0.2, 0.25) is 0 Å². The quantitative estimate of drug-likeness (QED) is 0.669. The topological polar surface area (TPSA) is 114 Å². The minimum absolute atomic E-state index is 0. The number of hydrogen-bond acceptors (Lipinski definition) is 6. The molecule has 10 heteroatoms. The van der Waals surface area contributed by atoms with E-state index in [1.165, 1.54) is 29.7 Å². The number of carbonyl (C=O) groups is 1. The highest BCUT2D eigenvalue weighted by Crippen LogP contribution is 2.32. The molecule has 1 saturated carbocycles. The van der Waals surface area contributed by atoms with Gasteiger partial charge in [0.15, 0.2) is 5.13 Å². The van der Waals surface area contributed by atoms with E-state index in [4.69, 9.17) is 5.73 Å². The van der Waals surface area contributed by atoms with Crippen molar-refractivity contribution in [2.24, 2.45) is 17.6 Å². The van der Waals surface area contributed by atoms with Gasteiger partial charge in [-0.05, 0) is 43.5 Å². The number of thiazole rings is 1. The fraction of sp³-hybridized carbons (Fsp3) is 0.375. The molecule has 0 radical (unpaired) electrons. The molecule has 2 aromatic rings. The average molecular weight is 417 g/mol. The van der Waals surface area contributed by atoms with Gasteiger partial charge in [0.1, 0.15) is 0 Å². The lowest BCUT2D eigenvalue weighted by molar-refractivity contribution is -0.120. The highest BCUT2D eigenvalue weighted by molar-refractivity contribution is 7.93. The van der Waals surface area contributed by atoms with Crippen LogP contribution >= 0.6 is 23.7 Å². The Morgan fingerprint density at radius 3 is 2.85 bits per heavy atom. The van der Waals surface area contributed by atoms with Crippen molar-refractivity contribution in [3.8, 4) is 0 Å². The van der Waals surface area contributed by atoms with Gasteiger partial charge in [-0.3, -0.25) is 9.52 Å². The summed E-state index contributed by atoms with van der Waals surface area (Å²) in [7, 11) is -3.75. The molecular weight excluding hydrogens is 396 g/mol. The van der Waals surface area contributed by atoms with Crippen molar-refractivity contribution in [1.82, 2.24) is 4.98 Å². The summed E-state index contributed by atoms with van der Waals surface area (Å²) < 4.78 is 27.3. The van der Waals surface area contributed by atoms with E-state index < -0.39 is 10.0 Å². The van der Waals surface area contributed by atoms with Gasteiger partial charge in [-0.1, -0.05) is 12.5 Å².